The first-order valence-electron chi connectivity index (χ1n) is 6.16. The maximum absolute atomic E-state index is 12.0. The summed E-state index contributed by atoms with van der Waals surface area (Å²) in [5.41, 5.74) is 0. The van der Waals surface area contributed by atoms with Crippen molar-refractivity contribution in [3.63, 3.8) is 0 Å². The third kappa shape index (κ3) is 2.65. The zero-order chi connectivity index (χ0) is 14.0. The van der Waals surface area contributed by atoms with Gasteiger partial charge in [0.1, 0.15) is 17.0 Å². The van der Waals surface area contributed by atoms with Crippen LogP contribution in [0.4, 0.5) is 0 Å². The molecule has 0 aliphatic rings. The molecule has 2 heterocycles. The van der Waals surface area contributed by atoms with Gasteiger partial charge in [-0.15, -0.1) is 0 Å². The monoisotopic (exact) mass is 279 g/mol. The molecule has 0 N–H and O–H groups in total. The van der Waals surface area contributed by atoms with E-state index in [1.165, 1.54) is 17.7 Å². The van der Waals surface area contributed by atoms with Crippen molar-refractivity contribution in [1.29, 1.82) is 0 Å². The van der Waals surface area contributed by atoms with Crippen LogP contribution in [0, 0.1) is 0 Å². The molecule has 6 nitrogen and oxygen atoms in total. The number of aromatic nitrogens is 4. The molecule has 0 aliphatic carbocycles. The van der Waals surface area contributed by atoms with Crippen molar-refractivity contribution in [3.8, 4) is 5.13 Å². The van der Waals surface area contributed by atoms with E-state index in [0.717, 1.165) is 5.82 Å². The average molecular weight is 279 g/mol. The van der Waals surface area contributed by atoms with Crippen molar-refractivity contribution in [2.45, 2.75) is 26.7 Å². The van der Waals surface area contributed by atoms with E-state index in [1.807, 2.05) is 20.8 Å². The van der Waals surface area contributed by atoms with E-state index in [-0.39, 0.29) is 11.8 Å². The molecule has 2 aromatic heterocycles. The van der Waals surface area contributed by atoms with Gasteiger partial charge in [-0.05, 0) is 6.92 Å². The topological polar surface area (TPSA) is 63.9 Å². The lowest BCUT2D eigenvalue weighted by atomic mass is 10.2. The normalized spacial score (nSPS) is 11.0. The summed E-state index contributed by atoms with van der Waals surface area (Å²) in [6.45, 7) is 6.71. The molecule has 0 atom stereocenters. The van der Waals surface area contributed by atoms with Gasteiger partial charge in [-0.3, -0.25) is 4.79 Å². The Hall–Kier alpha value is -1.76. The van der Waals surface area contributed by atoms with Crippen molar-refractivity contribution in [3.05, 3.63) is 23.2 Å². The summed E-state index contributed by atoms with van der Waals surface area (Å²) in [5, 5.41) is 4.85. The van der Waals surface area contributed by atoms with Crippen molar-refractivity contribution >= 4 is 17.2 Å². The predicted molar refractivity (Wildman–Crippen MR) is 73.8 cm³/mol. The Kier molecular flexibility index (Phi) is 3.94. The Morgan fingerprint density at radius 1 is 1.47 bits per heavy atom. The first kappa shape index (κ1) is 13.7. The molecule has 0 spiro atoms. The van der Waals surface area contributed by atoms with Crippen LogP contribution in [0.3, 0.4) is 0 Å². The predicted octanol–water partition coefficient (Wildman–Crippen LogP) is 1.94. The lowest BCUT2D eigenvalue weighted by molar-refractivity contribution is 0.0807. The van der Waals surface area contributed by atoms with E-state index < -0.39 is 0 Å². The van der Waals surface area contributed by atoms with Gasteiger partial charge in [0.15, 0.2) is 0 Å². The Morgan fingerprint density at radius 3 is 2.84 bits per heavy atom. The molecule has 0 bridgehead atoms. The van der Waals surface area contributed by atoms with Crippen molar-refractivity contribution in [1.82, 2.24) is 24.6 Å². The van der Waals surface area contributed by atoms with E-state index >= 15 is 0 Å². The van der Waals surface area contributed by atoms with Crippen LogP contribution in [0.25, 0.3) is 5.13 Å². The SMILES string of the molecule is CCN(C)C(=O)c1cnc(-n2ncnc2C(C)C)s1. The maximum Gasteiger partial charge on any atom is 0.265 e. The fraction of sp³-hybridized carbons (Fsp3) is 0.500. The summed E-state index contributed by atoms with van der Waals surface area (Å²) >= 11 is 1.33. The van der Waals surface area contributed by atoms with Crippen LogP contribution in [0.15, 0.2) is 12.5 Å². The highest BCUT2D eigenvalue weighted by Crippen LogP contribution is 2.21. The maximum atomic E-state index is 12.0. The quantitative estimate of drug-likeness (QED) is 0.858. The number of hydrogen-bond acceptors (Lipinski definition) is 5. The minimum absolute atomic E-state index is 0.0162. The highest BCUT2D eigenvalue weighted by atomic mass is 32.1. The van der Waals surface area contributed by atoms with Gasteiger partial charge < -0.3 is 4.90 Å². The number of amides is 1. The number of hydrogen-bond donors (Lipinski definition) is 0. The molecule has 2 aromatic rings. The van der Waals surface area contributed by atoms with E-state index in [2.05, 4.69) is 15.1 Å². The Labute approximate surface area is 116 Å². The molecule has 0 radical (unpaired) electrons. The summed E-state index contributed by atoms with van der Waals surface area (Å²) < 4.78 is 1.69. The second-order valence-electron chi connectivity index (χ2n) is 4.51. The molecule has 0 aliphatic heterocycles. The highest BCUT2D eigenvalue weighted by molar-refractivity contribution is 7.16. The van der Waals surface area contributed by atoms with E-state index in [0.29, 0.717) is 16.6 Å². The molecule has 102 valence electrons. The Morgan fingerprint density at radius 2 is 2.21 bits per heavy atom. The molecule has 1 amide bonds. The van der Waals surface area contributed by atoms with Gasteiger partial charge in [0.25, 0.3) is 5.91 Å². The van der Waals surface area contributed by atoms with Crippen LogP contribution in [0.2, 0.25) is 0 Å². The summed E-state index contributed by atoms with van der Waals surface area (Å²) in [7, 11) is 1.77. The summed E-state index contributed by atoms with van der Waals surface area (Å²) in [6.07, 6.45) is 3.11. The lowest BCUT2D eigenvalue weighted by Crippen LogP contribution is -2.25. The Bertz CT molecular complexity index is 574. The number of nitrogens with zero attached hydrogens (tertiary/aromatic N) is 5. The van der Waals surface area contributed by atoms with Crippen LogP contribution in [-0.4, -0.2) is 44.1 Å². The molecule has 0 saturated carbocycles. The fourth-order valence-corrected chi connectivity index (χ4v) is 2.46. The third-order valence-electron chi connectivity index (χ3n) is 2.80. The smallest absolute Gasteiger partial charge is 0.265 e. The molecule has 2 rings (SSSR count). The molecular weight excluding hydrogens is 262 g/mol. The largest absolute Gasteiger partial charge is 0.341 e. The van der Waals surface area contributed by atoms with Crippen LogP contribution in [0.1, 0.15) is 42.2 Å². The number of carbonyl (C=O) groups excluding carboxylic acids is 1. The summed E-state index contributed by atoms with van der Waals surface area (Å²) in [5.74, 6) is 1.08. The number of thiazole rings is 1. The minimum atomic E-state index is -0.0162. The van der Waals surface area contributed by atoms with Gasteiger partial charge in [0.2, 0.25) is 5.13 Å². The van der Waals surface area contributed by atoms with Gasteiger partial charge in [0.05, 0.1) is 6.20 Å². The molecule has 0 aromatic carbocycles. The van der Waals surface area contributed by atoms with Crippen LogP contribution in [0.5, 0.6) is 0 Å². The number of rotatable bonds is 4. The van der Waals surface area contributed by atoms with E-state index in [1.54, 1.807) is 22.8 Å². The molecule has 19 heavy (non-hydrogen) atoms. The van der Waals surface area contributed by atoms with Crippen LogP contribution in [-0.2, 0) is 0 Å². The second-order valence-corrected chi connectivity index (χ2v) is 5.52. The first-order chi connectivity index (χ1) is 9.04. The molecule has 0 unspecified atom stereocenters. The van der Waals surface area contributed by atoms with Gasteiger partial charge in [-0.1, -0.05) is 25.2 Å². The molecule has 0 fully saturated rings. The van der Waals surface area contributed by atoms with Crippen LogP contribution >= 0.6 is 11.3 Å². The zero-order valence-corrected chi connectivity index (χ0v) is 12.3. The minimum Gasteiger partial charge on any atom is -0.341 e. The summed E-state index contributed by atoms with van der Waals surface area (Å²) in [4.78, 5) is 22.8. The van der Waals surface area contributed by atoms with E-state index in [4.69, 9.17) is 0 Å². The first-order valence-corrected chi connectivity index (χ1v) is 6.97. The zero-order valence-electron chi connectivity index (χ0n) is 11.5. The van der Waals surface area contributed by atoms with Crippen molar-refractivity contribution in [2.75, 3.05) is 13.6 Å². The average Bonchev–Trinajstić information content (AvgIpc) is 3.04. The molecule has 0 saturated heterocycles. The Balaban J connectivity index is 2.31. The van der Waals surface area contributed by atoms with Crippen molar-refractivity contribution in [2.24, 2.45) is 0 Å². The van der Waals surface area contributed by atoms with Gasteiger partial charge in [-0.2, -0.15) is 9.78 Å². The van der Waals surface area contributed by atoms with Gasteiger partial charge in [0, 0.05) is 19.5 Å². The highest BCUT2D eigenvalue weighted by Gasteiger charge is 2.17. The van der Waals surface area contributed by atoms with Gasteiger partial charge in [-0.25, -0.2) is 9.97 Å². The molecule has 7 heteroatoms. The van der Waals surface area contributed by atoms with Crippen molar-refractivity contribution < 1.29 is 4.79 Å². The second kappa shape index (κ2) is 5.48. The summed E-state index contributed by atoms with van der Waals surface area (Å²) in [6, 6.07) is 0. The van der Waals surface area contributed by atoms with Crippen LogP contribution < -0.4 is 0 Å². The standard InChI is InChI=1S/C12H17N5OS/c1-5-16(4)11(18)9-6-13-12(19-9)17-10(8(2)3)14-7-15-17/h6-8H,5H2,1-4H3. The number of carbonyl (C=O) groups is 1. The lowest BCUT2D eigenvalue weighted by Gasteiger charge is -2.11. The molecular formula is C12H17N5OS. The van der Waals surface area contributed by atoms with E-state index in [9.17, 15) is 4.79 Å². The van der Waals surface area contributed by atoms with Gasteiger partial charge >= 0.3 is 0 Å². The third-order valence-corrected chi connectivity index (χ3v) is 3.76. The fourth-order valence-electron chi connectivity index (χ4n) is 1.58.